The number of carbonyl (C=O) groups is 1. The van der Waals surface area contributed by atoms with Crippen LogP contribution in [-0.2, 0) is 4.79 Å². The summed E-state index contributed by atoms with van der Waals surface area (Å²) in [6, 6.07) is 12.9. The molecule has 6 nitrogen and oxygen atoms in total. The van der Waals surface area contributed by atoms with E-state index in [2.05, 4.69) is 10.5 Å². The number of halogens is 2. The van der Waals surface area contributed by atoms with Gasteiger partial charge in [0.15, 0.2) is 0 Å². The van der Waals surface area contributed by atoms with Crippen molar-refractivity contribution >= 4 is 40.5 Å². The van der Waals surface area contributed by atoms with Gasteiger partial charge in [0.2, 0.25) is 0 Å². The maximum absolute atomic E-state index is 12.8. The van der Waals surface area contributed by atoms with Gasteiger partial charge in [-0.15, -0.1) is 0 Å². The first-order valence-electron chi connectivity index (χ1n) is 9.57. The quantitative estimate of drug-likeness (QED) is 0.758. The number of benzene rings is 2. The van der Waals surface area contributed by atoms with Gasteiger partial charge in [0.05, 0.1) is 23.9 Å². The molecule has 0 spiro atoms. The van der Waals surface area contributed by atoms with E-state index in [-0.39, 0.29) is 11.9 Å². The normalized spacial score (nSPS) is 19.3. The molecule has 4 rings (SSSR count). The third-order valence-electron chi connectivity index (χ3n) is 5.20. The highest BCUT2D eigenvalue weighted by Gasteiger charge is 2.34. The lowest BCUT2D eigenvalue weighted by atomic mass is 10.0. The average molecular weight is 433 g/mol. The highest BCUT2D eigenvalue weighted by atomic mass is 35.5. The van der Waals surface area contributed by atoms with Crippen molar-refractivity contribution in [2.45, 2.75) is 25.3 Å². The molecule has 0 bridgehead atoms. The summed E-state index contributed by atoms with van der Waals surface area (Å²) in [6.45, 7) is 1.74. The minimum Gasteiger partial charge on any atom is -0.497 e. The molecule has 152 valence electrons. The molecule has 1 amide bonds. The molecule has 1 unspecified atom stereocenters. The summed E-state index contributed by atoms with van der Waals surface area (Å²) in [5.74, 6) is 0.605. The first-order chi connectivity index (χ1) is 14.0. The second-order valence-electron chi connectivity index (χ2n) is 7.12. The summed E-state index contributed by atoms with van der Waals surface area (Å²) in [5.41, 5.74) is 5.17. The van der Waals surface area contributed by atoms with Gasteiger partial charge in [0.1, 0.15) is 11.5 Å². The number of carbonyl (C=O) groups excluding carboxylic acids is 1. The fourth-order valence-electron chi connectivity index (χ4n) is 3.66. The molecule has 2 aromatic rings. The van der Waals surface area contributed by atoms with Gasteiger partial charge < -0.3 is 4.74 Å². The number of methoxy groups -OCH3 is 1. The maximum atomic E-state index is 12.8. The Bertz CT molecular complexity index is 927. The van der Waals surface area contributed by atoms with Crippen LogP contribution in [0.3, 0.4) is 0 Å². The first kappa shape index (κ1) is 20.0. The second kappa shape index (κ2) is 8.61. The molecule has 2 heterocycles. The summed E-state index contributed by atoms with van der Waals surface area (Å²) in [6.07, 6.45) is 2.66. The number of anilines is 1. The van der Waals surface area contributed by atoms with Crippen LogP contribution in [0.15, 0.2) is 47.6 Å². The number of rotatable bonds is 5. The molecule has 1 atom stereocenters. The Hall–Kier alpha value is -2.28. The summed E-state index contributed by atoms with van der Waals surface area (Å²) < 4.78 is 5.26. The number of hydrogen-bond acceptors (Lipinski definition) is 5. The topological polar surface area (TPSA) is 57.2 Å². The van der Waals surface area contributed by atoms with Crippen molar-refractivity contribution in [3.8, 4) is 5.75 Å². The maximum Gasteiger partial charge on any atom is 0.281 e. The molecule has 1 fully saturated rings. The standard InChI is InChI=1S/C21H22Cl2N4O2/c1-29-16-7-4-14(5-8-16)20-13-18(21(28)25-26-10-2-3-11-26)24-27(20)19-9-6-15(22)12-17(19)23/h4-9,12,20H,2-3,10-11,13H2,1H3,(H,25,28). The summed E-state index contributed by atoms with van der Waals surface area (Å²) in [7, 11) is 1.63. The van der Waals surface area contributed by atoms with Crippen LogP contribution < -0.4 is 15.2 Å². The molecule has 8 heteroatoms. The molecule has 2 aliphatic rings. The second-order valence-corrected chi connectivity index (χ2v) is 7.96. The van der Waals surface area contributed by atoms with Crippen molar-refractivity contribution in [3.63, 3.8) is 0 Å². The lowest BCUT2D eigenvalue weighted by Crippen LogP contribution is -2.43. The van der Waals surface area contributed by atoms with E-state index < -0.39 is 0 Å². The van der Waals surface area contributed by atoms with E-state index in [1.807, 2.05) is 35.3 Å². The molecular formula is C21H22Cl2N4O2. The van der Waals surface area contributed by atoms with E-state index in [0.29, 0.717) is 27.9 Å². The molecule has 1 saturated heterocycles. The average Bonchev–Trinajstić information content (AvgIpc) is 3.38. The van der Waals surface area contributed by atoms with Gasteiger partial charge in [0.25, 0.3) is 5.91 Å². The van der Waals surface area contributed by atoms with Crippen LogP contribution in [0, 0.1) is 0 Å². The van der Waals surface area contributed by atoms with Gasteiger partial charge in [0, 0.05) is 24.5 Å². The fourth-order valence-corrected chi connectivity index (χ4v) is 4.15. The number of nitrogens with zero attached hydrogens (tertiary/aromatic N) is 3. The Kier molecular flexibility index (Phi) is 5.94. The SMILES string of the molecule is COc1ccc(C2CC(C(=O)NN3CCCC3)=NN2c2ccc(Cl)cc2Cl)cc1. The lowest BCUT2D eigenvalue weighted by Gasteiger charge is -2.25. The smallest absolute Gasteiger partial charge is 0.281 e. The van der Waals surface area contributed by atoms with Gasteiger partial charge in [-0.25, -0.2) is 5.01 Å². The summed E-state index contributed by atoms with van der Waals surface area (Å²) >= 11 is 12.5. The van der Waals surface area contributed by atoms with Crippen LogP contribution in [0.5, 0.6) is 5.75 Å². The highest BCUT2D eigenvalue weighted by Crippen LogP contribution is 2.40. The van der Waals surface area contributed by atoms with Gasteiger partial charge in [-0.3, -0.25) is 15.2 Å². The van der Waals surface area contributed by atoms with E-state index in [0.717, 1.165) is 37.2 Å². The molecule has 0 saturated carbocycles. The predicted octanol–water partition coefficient (Wildman–Crippen LogP) is 4.44. The van der Waals surface area contributed by atoms with Crippen molar-refractivity contribution in [1.29, 1.82) is 0 Å². The van der Waals surface area contributed by atoms with Crippen LogP contribution in [0.2, 0.25) is 10.0 Å². The first-order valence-corrected chi connectivity index (χ1v) is 10.3. The molecule has 1 N–H and O–H groups in total. The zero-order chi connectivity index (χ0) is 20.4. The number of nitrogens with one attached hydrogen (secondary N) is 1. The van der Waals surface area contributed by atoms with E-state index in [1.54, 1.807) is 24.3 Å². The summed E-state index contributed by atoms with van der Waals surface area (Å²) in [4.78, 5) is 12.8. The Morgan fingerprint density at radius 2 is 1.86 bits per heavy atom. The number of ether oxygens (including phenoxy) is 1. The van der Waals surface area contributed by atoms with Crippen molar-refractivity contribution in [3.05, 3.63) is 58.1 Å². The number of hydrazine groups is 1. The molecule has 0 aliphatic carbocycles. The molecule has 0 aromatic heterocycles. The van der Waals surface area contributed by atoms with E-state index in [9.17, 15) is 4.79 Å². The van der Waals surface area contributed by atoms with E-state index >= 15 is 0 Å². The van der Waals surface area contributed by atoms with Crippen LogP contribution in [0.1, 0.15) is 30.9 Å². The van der Waals surface area contributed by atoms with E-state index in [4.69, 9.17) is 27.9 Å². The molecule has 0 radical (unpaired) electrons. The van der Waals surface area contributed by atoms with E-state index in [1.165, 1.54) is 0 Å². The number of amides is 1. The minimum absolute atomic E-state index is 0.154. The number of hydrazone groups is 1. The largest absolute Gasteiger partial charge is 0.497 e. The van der Waals surface area contributed by atoms with Crippen molar-refractivity contribution in [2.24, 2.45) is 5.10 Å². The van der Waals surface area contributed by atoms with Gasteiger partial charge in [-0.05, 0) is 48.7 Å². The van der Waals surface area contributed by atoms with Gasteiger partial charge in [-0.2, -0.15) is 5.10 Å². The zero-order valence-electron chi connectivity index (χ0n) is 16.1. The van der Waals surface area contributed by atoms with Crippen molar-refractivity contribution < 1.29 is 9.53 Å². The molecule has 29 heavy (non-hydrogen) atoms. The molecule has 2 aliphatic heterocycles. The van der Waals surface area contributed by atoms with Gasteiger partial charge >= 0.3 is 0 Å². The Labute approximate surface area is 180 Å². The van der Waals surface area contributed by atoms with Crippen molar-refractivity contribution in [2.75, 3.05) is 25.2 Å². The third kappa shape index (κ3) is 4.34. The molecular weight excluding hydrogens is 411 g/mol. The van der Waals surface area contributed by atoms with Crippen LogP contribution >= 0.6 is 23.2 Å². The Morgan fingerprint density at radius 1 is 1.14 bits per heavy atom. The zero-order valence-corrected chi connectivity index (χ0v) is 17.6. The summed E-state index contributed by atoms with van der Waals surface area (Å²) in [5, 5.41) is 9.44. The van der Waals surface area contributed by atoms with Crippen LogP contribution in [-0.4, -0.2) is 36.8 Å². The minimum atomic E-state index is -0.169. The van der Waals surface area contributed by atoms with Crippen LogP contribution in [0.4, 0.5) is 5.69 Å². The lowest BCUT2D eigenvalue weighted by molar-refractivity contribution is -0.119. The highest BCUT2D eigenvalue weighted by molar-refractivity contribution is 6.40. The van der Waals surface area contributed by atoms with Gasteiger partial charge in [-0.1, -0.05) is 35.3 Å². The predicted molar refractivity (Wildman–Crippen MR) is 116 cm³/mol. The van der Waals surface area contributed by atoms with Crippen molar-refractivity contribution in [1.82, 2.24) is 10.4 Å². The third-order valence-corrected chi connectivity index (χ3v) is 5.73. The van der Waals surface area contributed by atoms with Crippen LogP contribution in [0.25, 0.3) is 0 Å². The Morgan fingerprint density at radius 3 is 2.52 bits per heavy atom. The monoisotopic (exact) mass is 432 g/mol. The molecule has 2 aromatic carbocycles. The Balaban J connectivity index is 1.64. The fraction of sp³-hybridized carbons (Fsp3) is 0.333. The number of hydrogen-bond donors (Lipinski definition) is 1.